The van der Waals surface area contributed by atoms with Crippen LogP contribution in [-0.4, -0.2) is 39.3 Å². The van der Waals surface area contributed by atoms with E-state index in [2.05, 4.69) is 10.1 Å². The fourth-order valence-corrected chi connectivity index (χ4v) is 4.66. The first kappa shape index (κ1) is 13.4. The van der Waals surface area contributed by atoms with E-state index < -0.39 is 9.84 Å². The molecule has 7 nitrogen and oxygen atoms in total. The van der Waals surface area contributed by atoms with E-state index in [4.69, 9.17) is 5.73 Å². The summed E-state index contributed by atoms with van der Waals surface area (Å²) in [6.07, 6.45) is 1.48. The lowest BCUT2D eigenvalue weighted by Crippen LogP contribution is -2.28. The van der Waals surface area contributed by atoms with Crippen molar-refractivity contribution in [2.75, 3.05) is 17.2 Å². The third-order valence-corrected chi connectivity index (χ3v) is 5.68. The lowest BCUT2D eigenvalue weighted by atomic mass is 10.2. The number of rotatable bonds is 2. The Labute approximate surface area is 117 Å². The maximum Gasteiger partial charge on any atom is 0.202 e. The zero-order valence-corrected chi connectivity index (χ0v) is 12.5. The lowest BCUT2D eigenvalue weighted by Gasteiger charge is -2.24. The van der Waals surface area contributed by atoms with Gasteiger partial charge in [0, 0.05) is 6.54 Å². The van der Waals surface area contributed by atoms with E-state index >= 15 is 0 Å². The molecule has 3 heterocycles. The Balaban J connectivity index is 2.17. The average Bonchev–Trinajstić information content (AvgIpc) is 2.85. The standard InChI is InChI=1S/C12H19N5O2S/c1-3-16-11-10(8(2)15-16)14-12(13)17(11)9-5-4-6-20(18,19)7-9/h9H,3-7H2,1-2H3,(H2,13,14). The highest BCUT2D eigenvalue weighted by molar-refractivity contribution is 7.91. The Morgan fingerprint density at radius 3 is 2.85 bits per heavy atom. The predicted molar refractivity (Wildman–Crippen MR) is 77.3 cm³/mol. The summed E-state index contributed by atoms with van der Waals surface area (Å²) in [5, 5.41) is 4.43. The van der Waals surface area contributed by atoms with Gasteiger partial charge in [-0.3, -0.25) is 4.57 Å². The van der Waals surface area contributed by atoms with E-state index in [1.807, 2.05) is 23.1 Å². The highest BCUT2D eigenvalue weighted by atomic mass is 32.2. The van der Waals surface area contributed by atoms with Gasteiger partial charge in [0.2, 0.25) is 5.95 Å². The SMILES string of the molecule is CCn1nc(C)c2nc(N)n(C3CCCS(=O)(=O)C3)c21. The largest absolute Gasteiger partial charge is 0.369 e. The summed E-state index contributed by atoms with van der Waals surface area (Å²) in [7, 11) is -2.99. The second-order valence-electron chi connectivity index (χ2n) is 5.32. The monoisotopic (exact) mass is 297 g/mol. The van der Waals surface area contributed by atoms with Crippen LogP contribution >= 0.6 is 0 Å². The van der Waals surface area contributed by atoms with Gasteiger partial charge in [0.1, 0.15) is 5.52 Å². The van der Waals surface area contributed by atoms with Crippen LogP contribution in [0.15, 0.2) is 0 Å². The van der Waals surface area contributed by atoms with E-state index in [-0.39, 0.29) is 17.5 Å². The van der Waals surface area contributed by atoms with Crippen molar-refractivity contribution in [2.45, 2.75) is 39.3 Å². The number of anilines is 1. The molecule has 0 spiro atoms. The van der Waals surface area contributed by atoms with Crippen molar-refractivity contribution >= 4 is 26.9 Å². The number of sulfone groups is 1. The molecule has 1 aliphatic rings. The molecule has 0 amide bonds. The smallest absolute Gasteiger partial charge is 0.202 e. The number of hydrogen-bond acceptors (Lipinski definition) is 5. The van der Waals surface area contributed by atoms with Gasteiger partial charge in [0.05, 0.1) is 23.2 Å². The van der Waals surface area contributed by atoms with Gasteiger partial charge in [-0.05, 0) is 26.7 Å². The molecule has 8 heteroatoms. The number of fused-ring (bicyclic) bond motifs is 1. The van der Waals surface area contributed by atoms with Crippen LogP contribution in [0.5, 0.6) is 0 Å². The van der Waals surface area contributed by atoms with Gasteiger partial charge in [-0.25, -0.2) is 18.1 Å². The van der Waals surface area contributed by atoms with Gasteiger partial charge in [-0.1, -0.05) is 0 Å². The molecular formula is C12H19N5O2S. The van der Waals surface area contributed by atoms with E-state index in [1.165, 1.54) is 0 Å². The number of nitrogens with two attached hydrogens (primary N) is 1. The second-order valence-corrected chi connectivity index (χ2v) is 7.55. The first-order chi connectivity index (χ1) is 9.43. The number of hydrogen-bond donors (Lipinski definition) is 1. The van der Waals surface area contributed by atoms with Crippen molar-refractivity contribution < 1.29 is 8.42 Å². The third kappa shape index (κ3) is 1.98. The van der Waals surface area contributed by atoms with E-state index in [1.54, 1.807) is 0 Å². The van der Waals surface area contributed by atoms with Gasteiger partial charge in [-0.2, -0.15) is 5.10 Å². The minimum atomic E-state index is -2.99. The molecule has 0 aliphatic carbocycles. The Bertz CT molecular complexity index is 758. The topological polar surface area (TPSA) is 95.8 Å². The Hall–Kier alpha value is -1.57. The maximum atomic E-state index is 11.9. The minimum Gasteiger partial charge on any atom is -0.369 e. The molecule has 110 valence electrons. The Kier molecular flexibility index (Phi) is 3.00. The quantitative estimate of drug-likeness (QED) is 0.888. The number of nitrogen functional groups attached to an aromatic ring is 1. The van der Waals surface area contributed by atoms with Crippen LogP contribution in [0.3, 0.4) is 0 Å². The van der Waals surface area contributed by atoms with Crippen molar-refractivity contribution in [1.82, 2.24) is 19.3 Å². The molecule has 1 aliphatic heterocycles. The van der Waals surface area contributed by atoms with Crippen LogP contribution in [-0.2, 0) is 16.4 Å². The molecule has 2 N–H and O–H groups in total. The average molecular weight is 297 g/mol. The van der Waals surface area contributed by atoms with Crippen LogP contribution in [0.25, 0.3) is 11.2 Å². The molecule has 1 fully saturated rings. The molecule has 3 rings (SSSR count). The van der Waals surface area contributed by atoms with Gasteiger partial charge in [0.15, 0.2) is 15.5 Å². The number of imidazole rings is 1. The number of aromatic nitrogens is 4. The summed E-state index contributed by atoms with van der Waals surface area (Å²) in [4.78, 5) is 4.37. The van der Waals surface area contributed by atoms with Gasteiger partial charge >= 0.3 is 0 Å². The summed E-state index contributed by atoms with van der Waals surface area (Å²) >= 11 is 0. The van der Waals surface area contributed by atoms with Crippen LogP contribution < -0.4 is 5.73 Å². The molecule has 2 aromatic rings. The molecule has 0 saturated carbocycles. The minimum absolute atomic E-state index is 0.136. The highest BCUT2D eigenvalue weighted by Crippen LogP contribution is 2.31. The van der Waals surface area contributed by atoms with Crippen molar-refractivity contribution in [3.05, 3.63) is 5.69 Å². The number of nitrogens with zero attached hydrogens (tertiary/aromatic N) is 4. The normalized spacial score (nSPS) is 22.4. The molecule has 1 atom stereocenters. The van der Waals surface area contributed by atoms with E-state index in [9.17, 15) is 8.42 Å². The first-order valence-corrected chi connectivity index (χ1v) is 8.66. The first-order valence-electron chi connectivity index (χ1n) is 6.84. The summed E-state index contributed by atoms with van der Waals surface area (Å²) in [6.45, 7) is 4.59. The molecule has 1 unspecified atom stereocenters. The molecule has 0 bridgehead atoms. The molecular weight excluding hydrogens is 278 g/mol. The van der Waals surface area contributed by atoms with Crippen LogP contribution in [0.2, 0.25) is 0 Å². The van der Waals surface area contributed by atoms with Crippen molar-refractivity contribution in [2.24, 2.45) is 0 Å². The Morgan fingerprint density at radius 2 is 2.20 bits per heavy atom. The summed E-state index contributed by atoms with van der Waals surface area (Å²) in [6, 6.07) is -0.139. The molecule has 2 aromatic heterocycles. The van der Waals surface area contributed by atoms with Crippen LogP contribution in [0, 0.1) is 6.92 Å². The van der Waals surface area contributed by atoms with E-state index in [0.717, 1.165) is 23.3 Å². The van der Waals surface area contributed by atoms with Crippen LogP contribution in [0.4, 0.5) is 5.95 Å². The van der Waals surface area contributed by atoms with Gasteiger partial charge in [-0.15, -0.1) is 0 Å². The number of aryl methyl sites for hydroxylation is 2. The third-order valence-electron chi connectivity index (χ3n) is 3.87. The van der Waals surface area contributed by atoms with Crippen molar-refractivity contribution in [1.29, 1.82) is 0 Å². The van der Waals surface area contributed by atoms with E-state index in [0.29, 0.717) is 18.9 Å². The summed E-state index contributed by atoms with van der Waals surface area (Å²) in [5.41, 5.74) is 8.46. The van der Waals surface area contributed by atoms with Crippen LogP contribution in [0.1, 0.15) is 31.5 Å². The second kappa shape index (κ2) is 4.47. The molecule has 20 heavy (non-hydrogen) atoms. The Morgan fingerprint density at radius 1 is 1.45 bits per heavy atom. The highest BCUT2D eigenvalue weighted by Gasteiger charge is 2.30. The fraction of sp³-hybridized carbons (Fsp3) is 0.667. The zero-order valence-electron chi connectivity index (χ0n) is 11.7. The molecule has 0 radical (unpaired) electrons. The molecule has 0 aromatic carbocycles. The summed E-state index contributed by atoms with van der Waals surface area (Å²) in [5.74, 6) is 0.786. The lowest BCUT2D eigenvalue weighted by molar-refractivity contribution is 0.474. The van der Waals surface area contributed by atoms with Crippen molar-refractivity contribution in [3.8, 4) is 0 Å². The maximum absolute atomic E-state index is 11.9. The van der Waals surface area contributed by atoms with Gasteiger partial charge < -0.3 is 5.73 Å². The van der Waals surface area contributed by atoms with Gasteiger partial charge in [0.25, 0.3) is 0 Å². The zero-order chi connectivity index (χ0) is 14.5. The molecule has 1 saturated heterocycles. The predicted octanol–water partition coefficient (Wildman–Crippen LogP) is 0.893. The fourth-order valence-electron chi connectivity index (χ4n) is 2.99. The van der Waals surface area contributed by atoms with Crippen molar-refractivity contribution in [3.63, 3.8) is 0 Å². The summed E-state index contributed by atoms with van der Waals surface area (Å²) < 4.78 is 27.4.